The summed E-state index contributed by atoms with van der Waals surface area (Å²) < 4.78 is 13.1. The maximum Gasteiger partial charge on any atom is 0.338 e. The molecule has 2 N–H and O–H groups in total. The maximum atomic E-state index is 12.4. The van der Waals surface area contributed by atoms with Crippen LogP contribution in [0.1, 0.15) is 49.0 Å². The zero-order valence-electron chi connectivity index (χ0n) is 18.8. The maximum absolute atomic E-state index is 12.4. The highest BCUT2D eigenvalue weighted by atomic mass is 16.5. The van der Waals surface area contributed by atoms with Crippen LogP contribution in [0.5, 0.6) is 11.6 Å². The third-order valence-electron chi connectivity index (χ3n) is 5.87. The van der Waals surface area contributed by atoms with Gasteiger partial charge in [0.15, 0.2) is 0 Å². The van der Waals surface area contributed by atoms with Crippen LogP contribution < -0.4 is 10.6 Å². The molecule has 0 saturated carbocycles. The van der Waals surface area contributed by atoms with Crippen molar-refractivity contribution in [1.29, 1.82) is 0 Å². The van der Waals surface area contributed by atoms with E-state index >= 15 is 0 Å². The number of hydrogen-bond acceptors (Lipinski definition) is 5. The van der Waals surface area contributed by atoms with Gasteiger partial charge in [-0.3, -0.25) is 4.90 Å². The molecule has 1 aromatic heterocycles. The van der Waals surface area contributed by atoms with Crippen LogP contribution in [-0.4, -0.2) is 41.8 Å². The predicted octanol–water partition coefficient (Wildman–Crippen LogP) is 5.21. The van der Waals surface area contributed by atoms with Gasteiger partial charge in [-0.1, -0.05) is 37.6 Å². The number of nitrogens with zero attached hydrogens (tertiary/aromatic N) is 2. The van der Waals surface area contributed by atoms with Crippen molar-refractivity contribution in [2.24, 2.45) is 0 Å². The third-order valence-corrected chi connectivity index (χ3v) is 5.87. The highest BCUT2D eigenvalue weighted by molar-refractivity contribution is 6.01. The minimum Gasteiger partial charge on any atom is -0.462 e. The SMILES string of the molecule is CCCCN1CC=C(c2c(Oc3ccccc3)n(N)c3ccc(C(=O)OCC)cc23)CC1. The van der Waals surface area contributed by atoms with E-state index in [0.717, 1.165) is 48.3 Å². The van der Waals surface area contributed by atoms with Crippen LogP contribution in [0, 0.1) is 0 Å². The first kappa shape index (κ1) is 22.0. The number of carbonyl (C=O) groups excluding carboxylic acids is 1. The van der Waals surface area contributed by atoms with Gasteiger partial charge < -0.3 is 15.3 Å². The summed E-state index contributed by atoms with van der Waals surface area (Å²) >= 11 is 0. The summed E-state index contributed by atoms with van der Waals surface area (Å²) in [6, 6.07) is 15.1. The largest absolute Gasteiger partial charge is 0.462 e. The Hall–Kier alpha value is -3.25. The van der Waals surface area contributed by atoms with Crippen molar-refractivity contribution in [2.75, 3.05) is 32.1 Å². The van der Waals surface area contributed by atoms with Crippen LogP contribution in [0.15, 0.2) is 54.6 Å². The Morgan fingerprint density at radius 1 is 1.12 bits per heavy atom. The molecule has 0 fully saturated rings. The van der Waals surface area contributed by atoms with Crippen LogP contribution in [0.3, 0.4) is 0 Å². The van der Waals surface area contributed by atoms with Crippen molar-refractivity contribution >= 4 is 22.4 Å². The summed E-state index contributed by atoms with van der Waals surface area (Å²) in [7, 11) is 0. The van der Waals surface area contributed by atoms with E-state index in [-0.39, 0.29) is 5.97 Å². The Morgan fingerprint density at radius 2 is 1.94 bits per heavy atom. The van der Waals surface area contributed by atoms with Gasteiger partial charge >= 0.3 is 5.97 Å². The van der Waals surface area contributed by atoms with E-state index in [9.17, 15) is 4.79 Å². The van der Waals surface area contributed by atoms with E-state index in [4.69, 9.17) is 15.3 Å². The molecule has 3 aromatic rings. The molecule has 1 aliphatic rings. The summed E-state index contributed by atoms with van der Waals surface area (Å²) in [5.74, 6) is 7.48. The van der Waals surface area contributed by atoms with Crippen molar-refractivity contribution < 1.29 is 14.3 Å². The lowest BCUT2D eigenvalue weighted by Crippen LogP contribution is -2.29. The topological polar surface area (TPSA) is 69.7 Å². The Labute approximate surface area is 189 Å². The Morgan fingerprint density at radius 3 is 2.62 bits per heavy atom. The number of benzene rings is 2. The number of esters is 1. The smallest absolute Gasteiger partial charge is 0.338 e. The highest BCUT2D eigenvalue weighted by Gasteiger charge is 2.24. The van der Waals surface area contributed by atoms with Gasteiger partial charge in [-0.2, -0.15) is 0 Å². The fourth-order valence-corrected chi connectivity index (χ4v) is 4.17. The average Bonchev–Trinajstić information content (AvgIpc) is 3.09. The summed E-state index contributed by atoms with van der Waals surface area (Å²) in [6.45, 7) is 7.36. The molecule has 0 aliphatic carbocycles. The molecule has 32 heavy (non-hydrogen) atoms. The molecule has 2 heterocycles. The van der Waals surface area contributed by atoms with Crippen LogP contribution in [-0.2, 0) is 4.74 Å². The van der Waals surface area contributed by atoms with Gasteiger partial charge in [0.2, 0.25) is 5.88 Å². The van der Waals surface area contributed by atoms with Crippen molar-refractivity contribution in [1.82, 2.24) is 9.58 Å². The fraction of sp³-hybridized carbons (Fsp3) is 0.346. The predicted molar refractivity (Wildman–Crippen MR) is 129 cm³/mol. The second-order valence-corrected chi connectivity index (χ2v) is 8.05. The quantitative estimate of drug-likeness (QED) is 0.390. The van der Waals surface area contributed by atoms with Gasteiger partial charge in [-0.25, -0.2) is 9.47 Å². The molecule has 0 spiro atoms. The summed E-state index contributed by atoms with van der Waals surface area (Å²) in [5.41, 5.74) is 3.47. The molecule has 0 radical (unpaired) electrons. The van der Waals surface area contributed by atoms with E-state index < -0.39 is 0 Å². The molecule has 0 atom stereocenters. The molecule has 1 aliphatic heterocycles. The van der Waals surface area contributed by atoms with E-state index in [0.29, 0.717) is 18.1 Å². The molecular weight excluding hydrogens is 402 g/mol. The van der Waals surface area contributed by atoms with Gasteiger partial charge in [-0.15, -0.1) is 0 Å². The van der Waals surface area contributed by atoms with Crippen LogP contribution in [0.2, 0.25) is 0 Å². The monoisotopic (exact) mass is 433 g/mol. The van der Waals surface area contributed by atoms with Crippen molar-refractivity contribution in [3.8, 4) is 11.6 Å². The highest BCUT2D eigenvalue weighted by Crippen LogP contribution is 2.40. The lowest BCUT2D eigenvalue weighted by molar-refractivity contribution is 0.0526. The molecule has 2 aromatic carbocycles. The van der Waals surface area contributed by atoms with Gasteiger partial charge in [-0.05, 0) is 62.2 Å². The molecule has 0 unspecified atom stereocenters. The van der Waals surface area contributed by atoms with Crippen LogP contribution in [0.25, 0.3) is 16.5 Å². The van der Waals surface area contributed by atoms with E-state index in [1.54, 1.807) is 17.7 Å². The second kappa shape index (κ2) is 9.92. The first-order valence-corrected chi connectivity index (χ1v) is 11.4. The first-order chi connectivity index (χ1) is 15.6. The number of nitrogens with two attached hydrogens (primary N) is 1. The fourth-order valence-electron chi connectivity index (χ4n) is 4.17. The molecule has 6 nitrogen and oxygen atoms in total. The number of carbonyl (C=O) groups is 1. The lowest BCUT2D eigenvalue weighted by atomic mass is 9.97. The molecule has 0 saturated heterocycles. The Balaban J connectivity index is 1.79. The van der Waals surface area contributed by atoms with Gasteiger partial charge in [0.25, 0.3) is 0 Å². The molecule has 0 bridgehead atoms. The number of ether oxygens (including phenoxy) is 2. The molecule has 6 heteroatoms. The number of para-hydroxylation sites is 1. The number of hydrogen-bond donors (Lipinski definition) is 1. The number of rotatable bonds is 8. The van der Waals surface area contributed by atoms with E-state index in [2.05, 4.69) is 17.9 Å². The number of unbranched alkanes of at least 4 members (excludes halogenated alkanes) is 1. The normalized spacial score (nSPS) is 14.4. The second-order valence-electron chi connectivity index (χ2n) is 8.05. The van der Waals surface area contributed by atoms with Gasteiger partial charge in [0.05, 0.1) is 17.7 Å². The minimum absolute atomic E-state index is 0.334. The zero-order chi connectivity index (χ0) is 22.5. The third kappa shape index (κ3) is 4.50. The average molecular weight is 434 g/mol. The Kier molecular flexibility index (Phi) is 6.81. The molecular formula is C26H31N3O3. The minimum atomic E-state index is -0.334. The van der Waals surface area contributed by atoms with Gasteiger partial charge in [0, 0.05) is 24.0 Å². The first-order valence-electron chi connectivity index (χ1n) is 11.4. The summed E-state index contributed by atoms with van der Waals surface area (Å²) in [6.07, 6.45) is 5.57. The molecule has 0 amide bonds. The number of aromatic nitrogens is 1. The van der Waals surface area contributed by atoms with E-state index in [1.165, 1.54) is 18.4 Å². The van der Waals surface area contributed by atoms with Gasteiger partial charge in [0.1, 0.15) is 5.75 Å². The van der Waals surface area contributed by atoms with Crippen LogP contribution in [0.4, 0.5) is 0 Å². The Bertz CT molecular complexity index is 1120. The van der Waals surface area contributed by atoms with Crippen molar-refractivity contribution in [3.63, 3.8) is 0 Å². The standard InChI is InChI=1S/C26H31N3O3/c1-3-5-15-28-16-13-19(14-17-28)24-22-18-20(26(30)31-4-2)11-12-23(22)29(27)25(24)32-21-9-7-6-8-10-21/h6-13,18H,3-5,14-17,27H2,1-2H3. The molecule has 168 valence electrons. The van der Waals surface area contributed by atoms with Crippen LogP contribution >= 0.6 is 0 Å². The van der Waals surface area contributed by atoms with Crippen molar-refractivity contribution in [3.05, 3.63) is 65.7 Å². The summed E-state index contributed by atoms with van der Waals surface area (Å²) in [5, 5.41) is 0.900. The number of nitrogen functional groups attached to an aromatic ring is 1. The lowest BCUT2D eigenvalue weighted by Gasteiger charge is -2.26. The number of fused-ring (bicyclic) bond motifs is 1. The zero-order valence-corrected chi connectivity index (χ0v) is 18.8. The molecule has 4 rings (SSSR count). The van der Waals surface area contributed by atoms with E-state index in [1.807, 2.05) is 42.5 Å². The summed E-state index contributed by atoms with van der Waals surface area (Å²) in [4.78, 5) is 14.9. The van der Waals surface area contributed by atoms with Crippen molar-refractivity contribution in [2.45, 2.75) is 33.1 Å².